The highest BCUT2D eigenvalue weighted by Crippen LogP contribution is 2.23. The zero-order chi connectivity index (χ0) is 20.0. The van der Waals surface area contributed by atoms with Gasteiger partial charge in [-0.2, -0.15) is 0 Å². The van der Waals surface area contributed by atoms with Gasteiger partial charge in [0.05, 0.1) is 12.9 Å². The van der Waals surface area contributed by atoms with E-state index >= 15 is 0 Å². The number of carbonyl (C=O) groups excluding carboxylic acids is 1. The molecule has 9 heteroatoms. The summed E-state index contributed by atoms with van der Waals surface area (Å²) >= 11 is 0. The van der Waals surface area contributed by atoms with Crippen LogP contribution in [0.25, 0.3) is 11.0 Å². The third-order valence-corrected chi connectivity index (χ3v) is 5.42. The Morgan fingerprint density at radius 1 is 1.30 bits per heavy atom. The van der Waals surface area contributed by atoms with Crippen LogP contribution in [0.4, 0.5) is 0 Å². The molecule has 8 nitrogen and oxygen atoms in total. The van der Waals surface area contributed by atoms with Crippen LogP contribution in [0.3, 0.4) is 0 Å². The maximum Gasteiger partial charge on any atom is 0.336 e. The standard InChI is InChI=1S/C18H23NO7S/c1-4-5-8-27(22,23)19-12(2)18(21)25-11-13-9-17(20)26-16-10-14(24-3)6-7-15(13)16/h6-7,9-10,12,19H,4-5,8,11H2,1-3H3/t12-/m0/s1. The molecule has 2 rings (SSSR count). The highest BCUT2D eigenvalue weighted by atomic mass is 32.2. The number of nitrogens with one attached hydrogen (secondary N) is 1. The molecule has 0 aliphatic heterocycles. The number of ether oxygens (including phenoxy) is 2. The Kier molecular flexibility index (Phi) is 6.98. The molecule has 0 unspecified atom stereocenters. The van der Waals surface area contributed by atoms with Gasteiger partial charge in [0.2, 0.25) is 10.0 Å². The molecule has 0 amide bonds. The number of esters is 1. The van der Waals surface area contributed by atoms with Crippen LogP contribution in [0, 0.1) is 0 Å². The monoisotopic (exact) mass is 397 g/mol. The number of rotatable bonds is 9. The summed E-state index contributed by atoms with van der Waals surface area (Å²) < 4.78 is 41.4. The minimum Gasteiger partial charge on any atom is -0.497 e. The lowest BCUT2D eigenvalue weighted by atomic mass is 10.1. The number of hydrogen-bond donors (Lipinski definition) is 1. The van der Waals surface area contributed by atoms with Crippen LogP contribution in [0.5, 0.6) is 5.75 Å². The van der Waals surface area contributed by atoms with E-state index in [0.717, 1.165) is 6.42 Å². The largest absolute Gasteiger partial charge is 0.497 e. The predicted octanol–water partition coefficient (Wildman–Crippen LogP) is 1.95. The highest BCUT2D eigenvalue weighted by molar-refractivity contribution is 7.89. The fraction of sp³-hybridized carbons (Fsp3) is 0.444. The van der Waals surface area contributed by atoms with E-state index in [1.165, 1.54) is 20.1 Å². The van der Waals surface area contributed by atoms with E-state index < -0.39 is 27.7 Å². The fourth-order valence-corrected chi connectivity index (χ4v) is 3.86. The van der Waals surface area contributed by atoms with Crippen LogP contribution < -0.4 is 15.1 Å². The van der Waals surface area contributed by atoms with Gasteiger partial charge in [-0.25, -0.2) is 17.9 Å². The van der Waals surface area contributed by atoms with Gasteiger partial charge in [-0.05, 0) is 25.5 Å². The zero-order valence-electron chi connectivity index (χ0n) is 15.5. The number of sulfonamides is 1. The molecule has 1 N–H and O–H groups in total. The summed E-state index contributed by atoms with van der Waals surface area (Å²) in [7, 11) is -2.06. The van der Waals surface area contributed by atoms with Gasteiger partial charge in [-0.1, -0.05) is 13.3 Å². The Labute approximate surface area is 157 Å². The van der Waals surface area contributed by atoms with Gasteiger partial charge in [-0.15, -0.1) is 0 Å². The first-order chi connectivity index (χ1) is 12.8. The molecule has 0 aliphatic carbocycles. The molecule has 0 spiro atoms. The van der Waals surface area contributed by atoms with Gasteiger partial charge in [0.15, 0.2) is 0 Å². The molecule has 148 valence electrons. The van der Waals surface area contributed by atoms with Crippen LogP contribution in [-0.4, -0.2) is 33.3 Å². The number of unbranched alkanes of at least 4 members (excludes halogenated alkanes) is 1. The number of benzene rings is 1. The topological polar surface area (TPSA) is 112 Å². The molecule has 1 aromatic heterocycles. The van der Waals surface area contributed by atoms with Gasteiger partial charge in [-0.3, -0.25) is 4.79 Å². The third-order valence-electron chi connectivity index (χ3n) is 3.88. The summed E-state index contributed by atoms with van der Waals surface area (Å²) in [6, 6.07) is 5.15. The molecule has 1 heterocycles. The molecule has 0 radical (unpaired) electrons. The Morgan fingerprint density at radius 2 is 2.04 bits per heavy atom. The molecular formula is C18H23NO7S. The van der Waals surface area contributed by atoms with Crippen molar-refractivity contribution in [2.75, 3.05) is 12.9 Å². The van der Waals surface area contributed by atoms with Crippen molar-refractivity contribution in [3.8, 4) is 5.75 Å². The van der Waals surface area contributed by atoms with E-state index in [4.69, 9.17) is 13.9 Å². The van der Waals surface area contributed by atoms with E-state index in [0.29, 0.717) is 28.7 Å². The summed E-state index contributed by atoms with van der Waals surface area (Å²) in [5, 5.41) is 0.597. The number of methoxy groups -OCH3 is 1. The molecule has 1 atom stereocenters. The van der Waals surface area contributed by atoms with Gasteiger partial charge in [0.25, 0.3) is 0 Å². The second-order valence-electron chi connectivity index (χ2n) is 6.07. The SMILES string of the molecule is CCCCS(=O)(=O)N[C@@H](C)C(=O)OCc1cc(=O)oc2cc(OC)ccc12. The van der Waals surface area contributed by atoms with E-state index in [2.05, 4.69) is 4.72 Å². The van der Waals surface area contributed by atoms with Crippen molar-refractivity contribution in [1.29, 1.82) is 0 Å². The Morgan fingerprint density at radius 3 is 2.70 bits per heavy atom. The van der Waals surface area contributed by atoms with Crippen molar-refractivity contribution in [3.05, 3.63) is 40.2 Å². The van der Waals surface area contributed by atoms with E-state index in [1.807, 2.05) is 6.92 Å². The zero-order valence-corrected chi connectivity index (χ0v) is 16.3. The molecule has 0 saturated heterocycles. The van der Waals surface area contributed by atoms with E-state index in [-0.39, 0.29) is 12.4 Å². The highest BCUT2D eigenvalue weighted by Gasteiger charge is 2.21. The average Bonchev–Trinajstić information content (AvgIpc) is 2.63. The van der Waals surface area contributed by atoms with Crippen molar-refractivity contribution in [2.24, 2.45) is 0 Å². The lowest BCUT2D eigenvalue weighted by Crippen LogP contribution is -2.40. The molecule has 0 bridgehead atoms. The summed E-state index contributed by atoms with van der Waals surface area (Å²) in [5.41, 5.74) is 0.176. The predicted molar refractivity (Wildman–Crippen MR) is 100 cm³/mol. The Balaban J connectivity index is 2.09. The molecule has 2 aromatic rings. The number of fused-ring (bicyclic) bond motifs is 1. The minimum atomic E-state index is -3.55. The van der Waals surface area contributed by atoms with Crippen LogP contribution in [0.2, 0.25) is 0 Å². The first kappa shape index (κ1) is 20.9. The van der Waals surface area contributed by atoms with Crippen LogP contribution in [-0.2, 0) is 26.2 Å². The Bertz CT molecular complexity index is 965. The minimum absolute atomic E-state index is 0.0483. The van der Waals surface area contributed by atoms with Crippen molar-refractivity contribution in [3.63, 3.8) is 0 Å². The molecule has 0 fully saturated rings. The summed E-state index contributed by atoms with van der Waals surface area (Å²) in [4.78, 5) is 23.8. The van der Waals surface area contributed by atoms with E-state index in [1.54, 1.807) is 18.2 Å². The second kappa shape index (κ2) is 9.01. The van der Waals surface area contributed by atoms with E-state index in [9.17, 15) is 18.0 Å². The van der Waals surface area contributed by atoms with Crippen molar-refractivity contribution in [1.82, 2.24) is 4.72 Å². The van der Waals surface area contributed by atoms with Crippen molar-refractivity contribution in [2.45, 2.75) is 39.3 Å². The summed E-state index contributed by atoms with van der Waals surface area (Å²) in [6.45, 7) is 3.10. The Hall–Kier alpha value is -2.39. The van der Waals surface area contributed by atoms with Gasteiger partial charge in [0.1, 0.15) is 24.0 Å². The average molecular weight is 397 g/mol. The smallest absolute Gasteiger partial charge is 0.336 e. The van der Waals surface area contributed by atoms with Gasteiger partial charge >= 0.3 is 11.6 Å². The van der Waals surface area contributed by atoms with Crippen molar-refractivity contribution >= 4 is 27.0 Å². The van der Waals surface area contributed by atoms with Crippen LogP contribution in [0.1, 0.15) is 32.3 Å². The first-order valence-corrected chi connectivity index (χ1v) is 10.2. The lowest BCUT2D eigenvalue weighted by Gasteiger charge is -2.14. The fourth-order valence-electron chi connectivity index (χ4n) is 2.44. The van der Waals surface area contributed by atoms with Crippen molar-refractivity contribution < 1.29 is 27.1 Å². The summed E-state index contributed by atoms with van der Waals surface area (Å²) in [5.74, 6) is -0.257. The first-order valence-electron chi connectivity index (χ1n) is 8.53. The van der Waals surface area contributed by atoms with Crippen LogP contribution >= 0.6 is 0 Å². The number of carbonyl (C=O) groups is 1. The van der Waals surface area contributed by atoms with Crippen LogP contribution in [0.15, 0.2) is 33.5 Å². The van der Waals surface area contributed by atoms with Gasteiger partial charge < -0.3 is 13.9 Å². The summed E-state index contributed by atoms with van der Waals surface area (Å²) in [6.07, 6.45) is 1.24. The molecule has 27 heavy (non-hydrogen) atoms. The molecule has 1 aromatic carbocycles. The molecular weight excluding hydrogens is 374 g/mol. The third kappa shape index (κ3) is 5.80. The second-order valence-corrected chi connectivity index (χ2v) is 7.95. The maximum absolute atomic E-state index is 12.1. The number of hydrogen-bond acceptors (Lipinski definition) is 7. The molecule has 0 aliphatic rings. The maximum atomic E-state index is 12.1. The molecule has 0 saturated carbocycles. The normalized spacial score (nSPS) is 12.7. The lowest BCUT2D eigenvalue weighted by molar-refractivity contribution is -0.146. The quantitative estimate of drug-likeness (QED) is 0.508. The van der Waals surface area contributed by atoms with Gasteiger partial charge in [0, 0.05) is 23.1 Å².